The first-order valence-corrected chi connectivity index (χ1v) is 6.00. The van der Waals surface area contributed by atoms with Crippen molar-refractivity contribution in [1.29, 1.82) is 5.26 Å². The summed E-state index contributed by atoms with van der Waals surface area (Å²) in [6, 6.07) is 9.73. The molecule has 0 saturated heterocycles. The van der Waals surface area contributed by atoms with Crippen LogP contribution in [0.15, 0.2) is 24.3 Å². The Bertz CT molecular complexity index is 554. The van der Waals surface area contributed by atoms with Crippen molar-refractivity contribution < 1.29 is 0 Å². The van der Waals surface area contributed by atoms with Gasteiger partial charge in [0.1, 0.15) is 5.01 Å². The average molecular weight is 249 g/mol. The molecule has 1 heterocycles. The van der Waals surface area contributed by atoms with Gasteiger partial charge in [-0.2, -0.15) is 5.26 Å². The molecule has 16 heavy (non-hydrogen) atoms. The van der Waals surface area contributed by atoms with Gasteiger partial charge in [-0.05, 0) is 13.0 Å². The number of nitriles is 1. The lowest BCUT2D eigenvalue weighted by atomic mass is 10.2. The number of hydrogen-bond acceptors (Lipinski definition) is 3. The van der Waals surface area contributed by atoms with Gasteiger partial charge in [0.2, 0.25) is 0 Å². The first-order chi connectivity index (χ1) is 7.72. The van der Waals surface area contributed by atoms with Crippen molar-refractivity contribution in [1.82, 2.24) is 4.98 Å². The summed E-state index contributed by atoms with van der Waals surface area (Å²) in [4.78, 5) is 5.52. The molecule has 0 amide bonds. The van der Waals surface area contributed by atoms with Crippen molar-refractivity contribution in [2.75, 3.05) is 0 Å². The number of benzene rings is 1. The number of rotatable bonds is 2. The van der Waals surface area contributed by atoms with Crippen molar-refractivity contribution in [2.24, 2.45) is 0 Å². The van der Waals surface area contributed by atoms with Crippen LogP contribution in [0.5, 0.6) is 0 Å². The topological polar surface area (TPSA) is 36.7 Å². The Kier molecular flexibility index (Phi) is 3.23. The van der Waals surface area contributed by atoms with Crippen LogP contribution in [0.4, 0.5) is 0 Å². The molecule has 0 radical (unpaired) electrons. The number of thiazole rings is 1. The second kappa shape index (κ2) is 4.65. The highest BCUT2D eigenvalue weighted by atomic mass is 35.5. The molecule has 0 aliphatic carbocycles. The lowest BCUT2D eigenvalue weighted by Crippen LogP contribution is -1.84. The first kappa shape index (κ1) is 11.1. The van der Waals surface area contributed by atoms with Gasteiger partial charge in [-0.25, -0.2) is 4.98 Å². The third-order valence-electron chi connectivity index (χ3n) is 2.24. The van der Waals surface area contributed by atoms with Crippen molar-refractivity contribution in [3.8, 4) is 16.6 Å². The van der Waals surface area contributed by atoms with E-state index in [1.807, 2.05) is 31.2 Å². The second-order valence-electron chi connectivity index (χ2n) is 3.34. The monoisotopic (exact) mass is 248 g/mol. The Morgan fingerprint density at radius 3 is 2.88 bits per heavy atom. The lowest BCUT2D eigenvalue weighted by Gasteiger charge is -1.97. The van der Waals surface area contributed by atoms with E-state index in [9.17, 15) is 0 Å². The molecular weight excluding hydrogens is 240 g/mol. The van der Waals surface area contributed by atoms with E-state index in [1.165, 1.54) is 0 Å². The summed E-state index contributed by atoms with van der Waals surface area (Å²) in [7, 11) is 0. The maximum absolute atomic E-state index is 8.67. The van der Waals surface area contributed by atoms with E-state index in [0.29, 0.717) is 11.4 Å². The molecule has 0 bridgehead atoms. The van der Waals surface area contributed by atoms with Gasteiger partial charge in [0.15, 0.2) is 0 Å². The SMILES string of the molecule is Cc1sc(-c2ccccc2Cl)nc1CC#N. The van der Waals surface area contributed by atoms with E-state index in [0.717, 1.165) is 21.1 Å². The fraction of sp³-hybridized carbons (Fsp3) is 0.167. The number of aryl methyl sites for hydroxylation is 1. The Labute approximate surface area is 103 Å². The van der Waals surface area contributed by atoms with E-state index >= 15 is 0 Å². The minimum absolute atomic E-state index is 0.354. The Morgan fingerprint density at radius 2 is 2.19 bits per heavy atom. The highest BCUT2D eigenvalue weighted by molar-refractivity contribution is 7.15. The maximum atomic E-state index is 8.67. The number of halogens is 1. The largest absolute Gasteiger partial charge is 0.240 e. The van der Waals surface area contributed by atoms with Crippen LogP contribution in [-0.2, 0) is 6.42 Å². The molecule has 0 unspecified atom stereocenters. The molecule has 0 fully saturated rings. The third kappa shape index (κ3) is 2.08. The van der Waals surface area contributed by atoms with Gasteiger partial charge in [0, 0.05) is 10.4 Å². The van der Waals surface area contributed by atoms with Gasteiger partial charge in [-0.15, -0.1) is 11.3 Å². The zero-order valence-corrected chi connectivity index (χ0v) is 10.3. The molecule has 0 spiro atoms. The van der Waals surface area contributed by atoms with Gasteiger partial charge >= 0.3 is 0 Å². The van der Waals surface area contributed by atoms with E-state index in [2.05, 4.69) is 11.1 Å². The van der Waals surface area contributed by atoms with Gasteiger partial charge < -0.3 is 0 Å². The summed E-state index contributed by atoms with van der Waals surface area (Å²) in [6.45, 7) is 1.98. The van der Waals surface area contributed by atoms with Crippen LogP contribution in [0.3, 0.4) is 0 Å². The van der Waals surface area contributed by atoms with Crippen LogP contribution in [0.2, 0.25) is 5.02 Å². The third-order valence-corrected chi connectivity index (χ3v) is 3.62. The van der Waals surface area contributed by atoms with Gasteiger partial charge in [-0.1, -0.05) is 29.8 Å². The van der Waals surface area contributed by atoms with E-state index in [-0.39, 0.29) is 0 Å². The van der Waals surface area contributed by atoms with Crippen LogP contribution >= 0.6 is 22.9 Å². The average Bonchev–Trinajstić information content (AvgIpc) is 2.61. The van der Waals surface area contributed by atoms with Crippen molar-refractivity contribution in [3.63, 3.8) is 0 Å². The van der Waals surface area contributed by atoms with Crippen LogP contribution in [-0.4, -0.2) is 4.98 Å². The van der Waals surface area contributed by atoms with Crippen LogP contribution in [0.25, 0.3) is 10.6 Å². The Hall–Kier alpha value is -1.37. The highest BCUT2D eigenvalue weighted by Gasteiger charge is 2.11. The van der Waals surface area contributed by atoms with Crippen molar-refractivity contribution >= 4 is 22.9 Å². The molecule has 0 atom stereocenters. The molecule has 1 aromatic carbocycles. The summed E-state index contributed by atoms with van der Waals surface area (Å²) in [5.41, 5.74) is 1.78. The molecule has 4 heteroatoms. The molecule has 80 valence electrons. The van der Waals surface area contributed by atoms with Crippen molar-refractivity contribution in [2.45, 2.75) is 13.3 Å². The molecular formula is C12H9ClN2S. The standard InChI is InChI=1S/C12H9ClN2S/c1-8-11(6-7-14)15-12(16-8)9-4-2-3-5-10(9)13/h2-5H,6H2,1H3. The zero-order chi connectivity index (χ0) is 11.5. The van der Waals surface area contributed by atoms with Gasteiger partial charge in [-0.3, -0.25) is 0 Å². The van der Waals surface area contributed by atoms with Gasteiger partial charge in [0.05, 0.1) is 23.2 Å². The smallest absolute Gasteiger partial charge is 0.125 e. The fourth-order valence-corrected chi connectivity index (χ4v) is 2.67. The zero-order valence-electron chi connectivity index (χ0n) is 8.70. The minimum atomic E-state index is 0.354. The quantitative estimate of drug-likeness (QED) is 0.810. The molecule has 0 saturated carbocycles. The maximum Gasteiger partial charge on any atom is 0.125 e. The molecule has 2 nitrogen and oxygen atoms in total. The van der Waals surface area contributed by atoms with E-state index in [4.69, 9.17) is 16.9 Å². The molecule has 0 N–H and O–H groups in total. The molecule has 0 aliphatic rings. The van der Waals surface area contributed by atoms with Crippen molar-refractivity contribution in [3.05, 3.63) is 39.9 Å². The summed E-state index contributed by atoms with van der Waals surface area (Å²) >= 11 is 7.67. The minimum Gasteiger partial charge on any atom is -0.240 e. The Morgan fingerprint density at radius 1 is 1.44 bits per heavy atom. The van der Waals surface area contributed by atoms with E-state index in [1.54, 1.807) is 11.3 Å². The first-order valence-electron chi connectivity index (χ1n) is 4.80. The van der Waals surface area contributed by atoms with Crippen LogP contribution in [0, 0.1) is 18.3 Å². The van der Waals surface area contributed by atoms with Gasteiger partial charge in [0.25, 0.3) is 0 Å². The predicted octanol–water partition coefficient (Wildman–Crippen LogP) is 3.84. The number of hydrogen-bond donors (Lipinski definition) is 0. The summed E-state index contributed by atoms with van der Waals surface area (Å²) in [5.74, 6) is 0. The number of aromatic nitrogens is 1. The molecule has 0 aliphatic heterocycles. The summed E-state index contributed by atoms with van der Waals surface area (Å²) in [5, 5.41) is 10.2. The van der Waals surface area contributed by atoms with E-state index < -0.39 is 0 Å². The van der Waals surface area contributed by atoms with Crippen LogP contribution < -0.4 is 0 Å². The molecule has 1 aromatic heterocycles. The second-order valence-corrected chi connectivity index (χ2v) is 4.95. The summed E-state index contributed by atoms with van der Waals surface area (Å²) in [6.07, 6.45) is 0.354. The number of nitrogens with zero attached hydrogens (tertiary/aromatic N) is 2. The summed E-state index contributed by atoms with van der Waals surface area (Å²) < 4.78 is 0. The van der Waals surface area contributed by atoms with Crippen LogP contribution in [0.1, 0.15) is 10.6 Å². The highest BCUT2D eigenvalue weighted by Crippen LogP contribution is 2.32. The molecule has 2 aromatic rings. The molecule has 2 rings (SSSR count). The Balaban J connectivity index is 2.46. The predicted molar refractivity (Wildman–Crippen MR) is 66.6 cm³/mol. The normalized spacial score (nSPS) is 10.1. The lowest BCUT2D eigenvalue weighted by molar-refractivity contribution is 1.13. The fourth-order valence-electron chi connectivity index (χ4n) is 1.42.